The number of hydrogen-bond acceptors (Lipinski definition) is 5. The van der Waals surface area contributed by atoms with Gasteiger partial charge in [0.2, 0.25) is 11.9 Å². The highest BCUT2D eigenvalue weighted by atomic mass is 16.2. The first kappa shape index (κ1) is 19.2. The molecule has 1 amide bonds. The molecule has 4 aromatic rings. The summed E-state index contributed by atoms with van der Waals surface area (Å²) in [5, 5.41) is 11.8. The number of aromatic amines is 1. The number of piperidine rings is 1. The van der Waals surface area contributed by atoms with Gasteiger partial charge in [0, 0.05) is 24.6 Å². The zero-order valence-electron chi connectivity index (χ0n) is 17.4. The fourth-order valence-electron chi connectivity index (χ4n) is 4.10. The molecule has 7 heteroatoms. The Balaban J connectivity index is 1.20. The van der Waals surface area contributed by atoms with Crippen LogP contribution >= 0.6 is 0 Å². The van der Waals surface area contributed by atoms with E-state index < -0.39 is 0 Å². The van der Waals surface area contributed by atoms with Gasteiger partial charge in [-0.15, -0.1) is 10.2 Å². The van der Waals surface area contributed by atoms with Gasteiger partial charge in [0.05, 0.1) is 16.7 Å². The fraction of sp³-hybridized carbons (Fsp3) is 0.250. The fourth-order valence-corrected chi connectivity index (χ4v) is 4.10. The lowest BCUT2D eigenvalue weighted by atomic mass is 9.96. The van der Waals surface area contributed by atoms with Crippen molar-refractivity contribution < 1.29 is 4.79 Å². The lowest BCUT2D eigenvalue weighted by Crippen LogP contribution is -2.38. The van der Waals surface area contributed by atoms with Crippen LogP contribution in [0.5, 0.6) is 0 Å². The Bertz CT molecular complexity index is 1180. The number of carbonyl (C=O) groups is 1. The molecule has 0 radical (unpaired) electrons. The Hall–Kier alpha value is -3.74. The summed E-state index contributed by atoms with van der Waals surface area (Å²) in [4.78, 5) is 22.5. The van der Waals surface area contributed by atoms with Crippen LogP contribution in [0.15, 0.2) is 60.7 Å². The number of nitrogens with zero attached hydrogens (tertiary/aromatic N) is 4. The predicted octanol–water partition coefficient (Wildman–Crippen LogP) is 4.18. The molecule has 2 aromatic heterocycles. The molecule has 0 unspecified atom stereocenters. The van der Waals surface area contributed by atoms with E-state index in [0.29, 0.717) is 5.95 Å². The van der Waals surface area contributed by atoms with Crippen LogP contribution in [0.2, 0.25) is 0 Å². The Morgan fingerprint density at radius 1 is 1.00 bits per heavy atom. The molecule has 1 aliphatic heterocycles. The average Bonchev–Trinajstić information content (AvgIpc) is 3.22. The number of benzene rings is 2. The zero-order chi connectivity index (χ0) is 21.2. The SMILES string of the molecule is Cc1ccccc1-c1ccc(N2CCC(C(=O)Nc3nc4ccccc4[nH]3)CC2)nn1. The number of fused-ring (bicyclic) bond motifs is 1. The third kappa shape index (κ3) is 3.99. The van der Waals surface area contributed by atoms with Crippen molar-refractivity contribution in [1.82, 2.24) is 20.2 Å². The molecule has 1 aliphatic rings. The summed E-state index contributed by atoms with van der Waals surface area (Å²) in [6, 6.07) is 20.0. The van der Waals surface area contributed by atoms with Crippen molar-refractivity contribution in [2.24, 2.45) is 5.92 Å². The molecule has 1 saturated heterocycles. The second kappa shape index (κ2) is 8.18. The third-order valence-electron chi connectivity index (χ3n) is 5.89. The maximum atomic E-state index is 12.7. The molecule has 7 nitrogen and oxygen atoms in total. The number of aryl methyl sites for hydroxylation is 1. The minimum Gasteiger partial charge on any atom is -0.355 e. The highest BCUT2D eigenvalue weighted by molar-refractivity contribution is 5.92. The highest BCUT2D eigenvalue weighted by Crippen LogP contribution is 2.25. The predicted molar refractivity (Wildman–Crippen MR) is 122 cm³/mol. The van der Waals surface area contributed by atoms with Crippen LogP contribution in [0.3, 0.4) is 0 Å². The number of amides is 1. The van der Waals surface area contributed by atoms with Gasteiger partial charge in [-0.2, -0.15) is 0 Å². The molecule has 0 atom stereocenters. The van der Waals surface area contributed by atoms with Crippen molar-refractivity contribution >= 4 is 28.7 Å². The second-order valence-electron chi connectivity index (χ2n) is 7.94. The van der Waals surface area contributed by atoms with Crippen LogP contribution in [0, 0.1) is 12.8 Å². The van der Waals surface area contributed by atoms with E-state index in [9.17, 15) is 4.79 Å². The van der Waals surface area contributed by atoms with Crippen LogP contribution < -0.4 is 10.2 Å². The number of rotatable bonds is 4. The lowest BCUT2D eigenvalue weighted by Gasteiger charge is -2.31. The molecule has 0 spiro atoms. The van der Waals surface area contributed by atoms with Gasteiger partial charge in [-0.3, -0.25) is 10.1 Å². The standard InChI is InChI=1S/C24H24N6O/c1-16-6-2-3-7-18(16)19-10-11-22(29-28-19)30-14-12-17(13-15-30)23(31)27-24-25-20-8-4-5-9-21(20)26-24/h2-11,17H,12-15H2,1H3,(H2,25,26,27,31). The zero-order valence-corrected chi connectivity index (χ0v) is 17.4. The average molecular weight is 412 g/mol. The number of nitrogens with one attached hydrogen (secondary N) is 2. The summed E-state index contributed by atoms with van der Waals surface area (Å²) in [5.74, 6) is 1.34. The van der Waals surface area contributed by atoms with Crippen molar-refractivity contribution in [3.63, 3.8) is 0 Å². The van der Waals surface area contributed by atoms with Crippen LogP contribution in [-0.4, -0.2) is 39.2 Å². The van der Waals surface area contributed by atoms with Gasteiger partial charge >= 0.3 is 0 Å². The summed E-state index contributed by atoms with van der Waals surface area (Å²) in [6.07, 6.45) is 1.54. The first-order chi connectivity index (χ1) is 15.2. The van der Waals surface area contributed by atoms with E-state index in [-0.39, 0.29) is 11.8 Å². The second-order valence-corrected chi connectivity index (χ2v) is 7.94. The van der Waals surface area contributed by atoms with E-state index in [0.717, 1.165) is 54.0 Å². The molecule has 0 saturated carbocycles. The quantitative estimate of drug-likeness (QED) is 0.525. The van der Waals surface area contributed by atoms with Crippen molar-refractivity contribution in [3.05, 3.63) is 66.2 Å². The van der Waals surface area contributed by atoms with Crippen molar-refractivity contribution in [2.75, 3.05) is 23.3 Å². The molecule has 5 rings (SSSR count). The van der Waals surface area contributed by atoms with E-state index in [1.54, 1.807) is 0 Å². The van der Waals surface area contributed by atoms with Crippen LogP contribution in [0.25, 0.3) is 22.3 Å². The summed E-state index contributed by atoms with van der Waals surface area (Å²) >= 11 is 0. The molecule has 3 heterocycles. The van der Waals surface area contributed by atoms with E-state index in [1.165, 1.54) is 5.56 Å². The van der Waals surface area contributed by atoms with E-state index >= 15 is 0 Å². The van der Waals surface area contributed by atoms with E-state index in [4.69, 9.17) is 0 Å². The first-order valence-corrected chi connectivity index (χ1v) is 10.6. The van der Waals surface area contributed by atoms with Gasteiger partial charge in [-0.25, -0.2) is 4.98 Å². The Kier molecular flexibility index (Phi) is 5.08. The van der Waals surface area contributed by atoms with Crippen molar-refractivity contribution in [1.29, 1.82) is 0 Å². The number of anilines is 2. The minimum atomic E-state index is -0.0383. The number of imidazole rings is 1. The van der Waals surface area contributed by atoms with Crippen LogP contribution in [0.1, 0.15) is 18.4 Å². The van der Waals surface area contributed by atoms with Crippen molar-refractivity contribution in [3.8, 4) is 11.3 Å². The topological polar surface area (TPSA) is 86.8 Å². The minimum absolute atomic E-state index is 0.0136. The molecule has 31 heavy (non-hydrogen) atoms. The third-order valence-corrected chi connectivity index (χ3v) is 5.89. The Labute approximate surface area is 180 Å². The number of para-hydroxylation sites is 2. The molecule has 1 fully saturated rings. The maximum Gasteiger partial charge on any atom is 0.229 e. The molecule has 0 aliphatic carbocycles. The van der Waals surface area contributed by atoms with Crippen LogP contribution in [0.4, 0.5) is 11.8 Å². The first-order valence-electron chi connectivity index (χ1n) is 10.6. The van der Waals surface area contributed by atoms with E-state index in [2.05, 4.69) is 49.4 Å². The summed E-state index contributed by atoms with van der Waals surface area (Å²) < 4.78 is 0. The Morgan fingerprint density at radius 2 is 1.77 bits per heavy atom. The summed E-state index contributed by atoms with van der Waals surface area (Å²) in [7, 11) is 0. The smallest absolute Gasteiger partial charge is 0.229 e. The van der Waals surface area contributed by atoms with Gasteiger partial charge in [-0.05, 0) is 49.6 Å². The monoisotopic (exact) mass is 412 g/mol. The molecular formula is C24H24N6O. The molecule has 156 valence electrons. The number of H-pyrrole nitrogens is 1. The lowest BCUT2D eigenvalue weighted by molar-refractivity contribution is -0.120. The molecule has 2 N–H and O–H groups in total. The largest absolute Gasteiger partial charge is 0.355 e. The number of hydrogen-bond donors (Lipinski definition) is 2. The summed E-state index contributed by atoms with van der Waals surface area (Å²) in [6.45, 7) is 3.62. The van der Waals surface area contributed by atoms with Gasteiger partial charge in [-0.1, -0.05) is 36.4 Å². The van der Waals surface area contributed by atoms with Gasteiger partial charge < -0.3 is 9.88 Å². The molecule has 0 bridgehead atoms. The van der Waals surface area contributed by atoms with Gasteiger partial charge in [0.15, 0.2) is 5.82 Å². The maximum absolute atomic E-state index is 12.7. The highest BCUT2D eigenvalue weighted by Gasteiger charge is 2.26. The van der Waals surface area contributed by atoms with Crippen LogP contribution in [-0.2, 0) is 4.79 Å². The number of carbonyl (C=O) groups excluding carboxylic acids is 1. The normalized spacial score (nSPS) is 14.7. The summed E-state index contributed by atoms with van der Waals surface area (Å²) in [5.41, 5.74) is 4.92. The Morgan fingerprint density at radius 3 is 2.52 bits per heavy atom. The van der Waals surface area contributed by atoms with Gasteiger partial charge in [0.25, 0.3) is 0 Å². The van der Waals surface area contributed by atoms with E-state index in [1.807, 2.05) is 48.5 Å². The molecular weight excluding hydrogens is 388 g/mol. The molecule has 2 aromatic carbocycles. The van der Waals surface area contributed by atoms with Crippen molar-refractivity contribution in [2.45, 2.75) is 19.8 Å². The van der Waals surface area contributed by atoms with Gasteiger partial charge in [0.1, 0.15) is 0 Å². The number of aromatic nitrogens is 4.